The first kappa shape index (κ1) is 17.5. The van der Waals surface area contributed by atoms with Crippen molar-refractivity contribution in [3.8, 4) is 0 Å². The van der Waals surface area contributed by atoms with Gasteiger partial charge in [-0.2, -0.15) is 0 Å². The summed E-state index contributed by atoms with van der Waals surface area (Å²) in [5, 5.41) is 21.3. The van der Waals surface area contributed by atoms with Gasteiger partial charge in [-0.05, 0) is 49.1 Å². The van der Waals surface area contributed by atoms with Gasteiger partial charge in [-0.25, -0.2) is 0 Å². The minimum Gasteiger partial charge on any atom is -0.481 e. The molecule has 2 fully saturated rings. The predicted octanol–water partition coefficient (Wildman–Crippen LogP) is 1.73. The molecule has 3 aliphatic rings. The van der Waals surface area contributed by atoms with E-state index in [0.717, 1.165) is 32.4 Å². The molecule has 0 bridgehead atoms. The van der Waals surface area contributed by atoms with E-state index in [-0.39, 0.29) is 17.4 Å². The molecule has 2 aromatic rings. The number of aromatic amines is 1. The number of nitrogens with one attached hydrogen (secondary N) is 1. The zero-order chi connectivity index (χ0) is 17.1. The number of carboxylic acid groups (broad SMARTS) is 1. The smallest absolute Gasteiger partial charge is 0.309 e. The summed E-state index contributed by atoms with van der Waals surface area (Å²) in [6.07, 6.45) is 2.75. The van der Waals surface area contributed by atoms with Crippen molar-refractivity contribution in [1.29, 1.82) is 0 Å². The third-order valence-electron chi connectivity index (χ3n) is 6.83. The van der Waals surface area contributed by atoms with Crippen molar-refractivity contribution in [3.63, 3.8) is 0 Å². The normalized spacial score (nSPS) is 33.7. The Kier molecular flexibility index (Phi) is 4.29. The van der Waals surface area contributed by atoms with Crippen LogP contribution in [0.3, 0.4) is 0 Å². The van der Waals surface area contributed by atoms with E-state index in [1.54, 1.807) is 0 Å². The maximum Gasteiger partial charge on any atom is 0.309 e. The molecule has 1 aromatic heterocycles. The molecule has 1 saturated carbocycles. The highest BCUT2D eigenvalue weighted by Gasteiger charge is 2.49. The summed E-state index contributed by atoms with van der Waals surface area (Å²) < 4.78 is 0. The number of nitrogens with zero attached hydrogens (tertiary/aromatic N) is 1. The fourth-order valence-electron chi connectivity index (χ4n) is 5.68. The summed E-state index contributed by atoms with van der Waals surface area (Å²) in [4.78, 5) is 17.9. The van der Waals surface area contributed by atoms with Crippen molar-refractivity contribution in [2.24, 2.45) is 17.8 Å². The van der Waals surface area contributed by atoms with E-state index in [0.29, 0.717) is 12.3 Å². The van der Waals surface area contributed by atoms with Crippen LogP contribution in [0.2, 0.25) is 0 Å². The maximum absolute atomic E-state index is 11.8. The lowest BCUT2D eigenvalue weighted by molar-refractivity contribution is -0.156. The van der Waals surface area contributed by atoms with Crippen LogP contribution in [0.4, 0.5) is 0 Å². The van der Waals surface area contributed by atoms with E-state index in [1.807, 2.05) is 0 Å². The number of aliphatic carboxylic acids is 1. The van der Waals surface area contributed by atoms with Gasteiger partial charge in [0.1, 0.15) is 0 Å². The van der Waals surface area contributed by atoms with Gasteiger partial charge in [0.2, 0.25) is 0 Å². The zero-order valence-electron chi connectivity index (χ0n) is 14.7. The van der Waals surface area contributed by atoms with Gasteiger partial charge in [-0.1, -0.05) is 18.2 Å². The lowest BCUT2D eigenvalue weighted by atomic mass is 9.65. The Bertz CT molecular complexity index is 832. The number of fused-ring (bicyclic) bond motifs is 6. The van der Waals surface area contributed by atoms with Crippen molar-refractivity contribution >= 4 is 16.9 Å². The highest BCUT2D eigenvalue weighted by atomic mass is 16.4. The van der Waals surface area contributed by atoms with Crippen LogP contribution in [0.1, 0.15) is 36.6 Å². The van der Waals surface area contributed by atoms with Crippen LogP contribution in [0.5, 0.6) is 0 Å². The Morgan fingerprint density at radius 2 is 2.04 bits per heavy atom. The molecule has 5 unspecified atom stereocenters. The number of carbonyl (C=O) groups is 1. The molecule has 26 heavy (non-hydrogen) atoms. The van der Waals surface area contributed by atoms with E-state index in [9.17, 15) is 15.0 Å². The first-order valence-electron chi connectivity index (χ1n) is 9.38. The molecule has 0 amide bonds. The van der Waals surface area contributed by atoms with Gasteiger partial charge >= 0.3 is 5.97 Å². The average molecular weight is 358 g/mol. The summed E-state index contributed by atoms with van der Waals surface area (Å²) in [7, 11) is 0. The SMILES string of the molecule is O.O=C(O)C1C(O)CCC2CN3CCc4c([nH]c5ccccc45)C3CC21. The molecule has 1 saturated heterocycles. The lowest BCUT2D eigenvalue weighted by Crippen LogP contribution is -2.53. The molecule has 0 spiro atoms. The van der Waals surface area contributed by atoms with E-state index in [1.165, 1.54) is 22.2 Å². The number of aromatic nitrogens is 1. The standard InChI is InChI=1S/C20H24N2O3.H2O/c23-17-6-5-11-10-22-8-7-13-12-3-1-2-4-15(12)21-19(13)16(22)9-14(11)18(17)20(24)25;/h1-4,11,14,16-18,21,23H,5-10H2,(H,24,25);1H2. The van der Waals surface area contributed by atoms with Gasteiger partial charge in [0.25, 0.3) is 0 Å². The molecule has 6 heteroatoms. The second kappa shape index (κ2) is 6.37. The molecular weight excluding hydrogens is 332 g/mol. The number of H-pyrrole nitrogens is 1. The van der Waals surface area contributed by atoms with Crippen molar-refractivity contribution < 1.29 is 20.5 Å². The van der Waals surface area contributed by atoms with Crippen molar-refractivity contribution in [2.75, 3.05) is 13.1 Å². The highest BCUT2D eigenvalue weighted by Crippen LogP contribution is 2.49. The number of hydrogen-bond acceptors (Lipinski definition) is 3. The Balaban J connectivity index is 0.00000168. The highest BCUT2D eigenvalue weighted by molar-refractivity contribution is 5.85. The number of para-hydroxylation sites is 1. The van der Waals surface area contributed by atoms with E-state index in [4.69, 9.17) is 0 Å². The van der Waals surface area contributed by atoms with Gasteiger partial charge in [-0.15, -0.1) is 0 Å². The molecular formula is C20H26N2O4. The van der Waals surface area contributed by atoms with Crippen molar-refractivity contribution in [1.82, 2.24) is 9.88 Å². The molecule has 1 aliphatic carbocycles. The Morgan fingerprint density at radius 1 is 1.23 bits per heavy atom. The van der Waals surface area contributed by atoms with E-state index in [2.05, 4.69) is 34.1 Å². The van der Waals surface area contributed by atoms with Gasteiger partial charge in [0.15, 0.2) is 0 Å². The van der Waals surface area contributed by atoms with Crippen LogP contribution < -0.4 is 0 Å². The van der Waals surface area contributed by atoms with Crippen LogP contribution >= 0.6 is 0 Å². The third kappa shape index (κ3) is 2.47. The first-order valence-corrected chi connectivity index (χ1v) is 9.38. The van der Waals surface area contributed by atoms with Crippen LogP contribution in [0.25, 0.3) is 10.9 Å². The molecule has 0 radical (unpaired) electrons. The second-order valence-corrected chi connectivity index (χ2v) is 7.99. The molecule has 6 nitrogen and oxygen atoms in total. The minimum absolute atomic E-state index is 0. The number of piperidine rings is 1. The maximum atomic E-state index is 11.8. The summed E-state index contributed by atoms with van der Waals surface area (Å²) in [6.45, 7) is 2.00. The predicted molar refractivity (Wildman–Crippen MR) is 97.9 cm³/mol. The number of aliphatic hydroxyl groups is 1. The Hall–Kier alpha value is -1.89. The largest absolute Gasteiger partial charge is 0.481 e. The van der Waals surface area contributed by atoms with Crippen LogP contribution in [-0.2, 0) is 11.2 Å². The number of carboxylic acids is 1. The zero-order valence-corrected chi connectivity index (χ0v) is 14.7. The number of hydrogen-bond donors (Lipinski definition) is 3. The fourth-order valence-corrected chi connectivity index (χ4v) is 5.68. The van der Waals surface area contributed by atoms with Gasteiger partial charge in [0, 0.05) is 29.7 Å². The minimum atomic E-state index is -0.830. The Morgan fingerprint density at radius 3 is 2.85 bits per heavy atom. The van der Waals surface area contributed by atoms with Crippen LogP contribution in [-0.4, -0.2) is 50.7 Å². The molecule has 140 valence electrons. The van der Waals surface area contributed by atoms with Crippen LogP contribution in [0, 0.1) is 17.8 Å². The second-order valence-electron chi connectivity index (χ2n) is 7.99. The summed E-state index contributed by atoms with van der Waals surface area (Å²) in [5.74, 6) is -0.981. The number of benzene rings is 1. The summed E-state index contributed by atoms with van der Waals surface area (Å²) in [6, 6.07) is 8.68. The average Bonchev–Trinajstić information content (AvgIpc) is 2.99. The molecule has 5 rings (SSSR count). The number of rotatable bonds is 1. The lowest BCUT2D eigenvalue weighted by Gasteiger charge is -2.50. The molecule has 3 heterocycles. The summed E-state index contributed by atoms with van der Waals surface area (Å²) >= 11 is 0. The third-order valence-corrected chi connectivity index (χ3v) is 6.83. The van der Waals surface area contributed by atoms with Gasteiger partial charge in [0.05, 0.1) is 18.1 Å². The Labute approximate surface area is 152 Å². The quantitative estimate of drug-likeness (QED) is 0.721. The van der Waals surface area contributed by atoms with Gasteiger partial charge in [-0.3, -0.25) is 9.69 Å². The molecule has 2 aliphatic heterocycles. The van der Waals surface area contributed by atoms with E-state index < -0.39 is 18.0 Å². The fraction of sp³-hybridized carbons (Fsp3) is 0.550. The van der Waals surface area contributed by atoms with E-state index >= 15 is 0 Å². The first-order chi connectivity index (χ1) is 12.1. The summed E-state index contributed by atoms with van der Waals surface area (Å²) in [5.41, 5.74) is 3.85. The topological polar surface area (TPSA) is 108 Å². The molecule has 5 atom stereocenters. The van der Waals surface area contributed by atoms with Gasteiger partial charge < -0.3 is 20.7 Å². The molecule has 1 aromatic carbocycles. The molecule has 5 N–H and O–H groups in total. The van der Waals surface area contributed by atoms with Crippen molar-refractivity contribution in [3.05, 3.63) is 35.5 Å². The monoisotopic (exact) mass is 358 g/mol. The van der Waals surface area contributed by atoms with Crippen LogP contribution in [0.15, 0.2) is 24.3 Å². The number of aliphatic hydroxyl groups excluding tert-OH is 1. The van der Waals surface area contributed by atoms with Crippen molar-refractivity contribution in [2.45, 2.75) is 37.8 Å².